The number of amides is 2. The van der Waals surface area contributed by atoms with Crippen molar-refractivity contribution in [3.63, 3.8) is 0 Å². The average Bonchev–Trinajstić information content (AvgIpc) is 3.53. The number of carbonyl (C=O) groups excluding carboxylic acids is 2. The van der Waals surface area contributed by atoms with E-state index in [9.17, 15) is 9.59 Å². The van der Waals surface area contributed by atoms with Crippen LogP contribution in [0.3, 0.4) is 0 Å². The zero-order valence-electron chi connectivity index (χ0n) is 22.0. The van der Waals surface area contributed by atoms with E-state index in [1.807, 2.05) is 71.6 Å². The van der Waals surface area contributed by atoms with Gasteiger partial charge in [0.2, 0.25) is 5.91 Å². The minimum Gasteiger partial charge on any atom is -0.303 e. The number of thiocarbonyl (C=S) groups is 1. The lowest BCUT2D eigenvalue weighted by molar-refractivity contribution is -0.133. The lowest BCUT2D eigenvalue weighted by Gasteiger charge is -2.26. The lowest BCUT2D eigenvalue weighted by atomic mass is 10.00. The number of hydrogen-bond donors (Lipinski definition) is 1. The van der Waals surface area contributed by atoms with Gasteiger partial charge in [-0.25, -0.2) is 4.68 Å². The van der Waals surface area contributed by atoms with Crippen molar-refractivity contribution in [3.8, 4) is 16.9 Å². The standard InChI is InChI=1S/C31H29N5O2S2/c37-28(16-19-34-17-7-2-8-18-34)32-36-30(38)27(40-31(36)39)20-23-21-35(24-12-3-1-4-13-24)33-29(23)26-15-9-11-22-10-5-6-14-25(22)26/h1,3-6,9-15,20-21H,2,7-8,16-19H2,(H,32,37)/b27-20-. The second-order valence-electron chi connectivity index (χ2n) is 9.94. The van der Waals surface area contributed by atoms with Gasteiger partial charge >= 0.3 is 0 Å². The number of aromatic nitrogens is 2. The second kappa shape index (κ2) is 11.8. The predicted octanol–water partition coefficient (Wildman–Crippen LogP) is 5.80. The number of carbonyl (C=O) groups is 2. The first kappa shape index (κ1) is 26.4. The lowest BCUT2D eigenvalue weighted by Crippen LogP contribution is -2.46. The molecule has 1 N–H and O–H groups in total. The number of nitrogens with zero attached hydrogens (tertiary/aromatic N) is 4. The summed E-state index contributed by atoms with van der Waals surface area (Å²) in [7, 11) is 0. The Morgan fingerprint density at radius 3 is 2.55 bits per heavy atom. The molecule has 202 valence electrons. The molecule has 0 aliphatic carbocycles. The van der Waals surface area contributed by atoms with Crippen molar-refractivity contribution in [1.82, 2.24) is 25.1 Å². The van der Waals surface area contributed by atoms with Crippen LogP contribution in [-0.4, -0.2) is 55.5 Å². The Hall–Kier alpha value is -3.79. The fourth-order valence-electron chi connectivity index (χ4n) is 5.18. The van der Waals surface area contributed by atoms with Crippen molar-refractivity contribution in [2.75, 3.05) is 19.6 Å². The molecule has 2 aliphatic rings. The van der Waals surface area contributed by atoms with Crippen molar-refractivity contribution < 1.29 is 9.59 Å². The zero-order valence-corrected chi connectivity index (χ0v) is 23.6. The van der Waals surface area contributed by atoms with Crippen molar-refractivity contribution in [2.45, 2.75) is 25.7 Å². The number of hydrogen-bond acceptors (Lipinski definition) is 6. The molecule has 2 saturated heterocycles. The third-order valence-corrected chi connectivity index (χ3v) is 8.53. The maximum Gasteiger partial charge on any atom is 0.285 e. The van der Waals surface area contributed by atoms with Gasteiger partial charge in [-0.05, 0) is 67.1 Å². The Labute approximate surface area is 242 Å². The summed E-state index contributed by atoms with van der Waals surface area (Å²) in [5.74, 6) is -0.547. The van der Waals surface area contributed by atoms with Gasteiger partial charge in [-0.3, -0.25) is 15.0 Å². The first-order valence-electron chi connectivity index (χ1n) is 13.5. The number of fused-ring (bicyclic) bond motifs is 1. The van der Waals surface area contributed by atoms with Gasteiger partial charge in [-0.15, -0.1) is 0 Å². The van der Waals surface area contributed by atoms with Crippen LogP contribution >= 0.6 is 24.0 Å². The van der Waals surface area contributed by atoms with Crippen molar-refractivity contribution in [1.29, 1.82) is 0 Å². The number of likely N-dealkylation sites (tertiary alicyclic amines) is 1. The molecule has 0 spiro atoms. The van der Waals surface area contributed by atoms with Gasteiger partial charge in [0.15, 0.2) is 4.32 Å². The molecule has 2 fully saturated rings. The first-order chi connectivity index (χ1) is 19.6. The molecule has 0 atom stereocenters. The molecule has 7 nitrogen and oxygen atoms in total. The molecule has 40 heavy (non-hydrogen) atoms. The number of benzene rings is 3. The fraction of sp³-hybridized carbons (Fsp3) is 0.226. The Bertz CT molecular complexity index is 1600. The van der Waals surface area contributed by atoms with E-state index in [4.69, 9.17) is 17.3 Å². The molecule has 0 radical (unpaired) electrons. The Morgan fingerprint density at radius 2 is 1.73 bits per heavy atom. The largest absolute Gasteiger partial charge is 0.303 e. The molecule has 0 saturated carbocycles. The number of piperidine rings is 1. The predicted molar refractivity (Wildman–Crippen MR) is 165 cm³/mol. The Balaban J connectivity index is 1.29. The Kier molecular flexibility index (Phi) is 7.77. The molecule has 2 aliphatic heterocycles. The topological polar surface area (TPSA) is 70.5 Å². The quantitative estimate of drug-likeness (QED) is 0.225. The number of para-hydroxylation sites is 1. The molecule has 3 heterocycles. The number of nitrogens with one attached hydrogen (secondary N) is 1. The van der Waals surface area contributed by atoms with Gasteiger partial charge in [-0.1, -0.05) is 78.8 Å². The van der Waals surface area contributed by atoms with Crippen LogP contribution in [0.4, 0.5) is 0 Å². The molecule has 4 aromatic rings. The van der Waals surface area contributed by atoms with Crippen molar-refractivity contribution >= 4 is 57.0 Å². The van der Waals surface area contributed by atoms with Gasteiger partial charge in [0.05, 0.1) is 10.6 Å². The van der Waals surface area contributed by atoms with Crippen LogP contribution in [-0.2, 0) is 9.59 Å². The molecular weight excluding hydrogens is 539 g/mol. The second-order valence-corrected chi connectivity index (χ2v) is 11.6. The van der Waals surface area contributed by atoms with E-state index in [2.05, 4.69) is 28.5 Å². The molecule has 9 heteroatoms. The first-order valence-corrected chi connectivity index (χ1v) is 14.7. The van der Waals surface area contributed by atoms with Gasteiger partial charge in [0.25, 0.3) is 5.91 Å². The number of rotatable bonds is 7. The summed E-state index contributed by atoms with van der Waals surface area (Å²) in [6.45, 7) is 2.73. The molecule has 1 aromatic heterocycles. The molecule has 0 bridgehead atoms. The highest BCUT2D eigenvalue weighted by Crippen LogP contribution is 2.36. The fourth-order valence-corrected chi connectivity index (χ4v) is 6.35. The van der Waals surface area contributed by atoms with Crippen LogP contribution in [0.2, 0.25) is 0 Å². The van der Waals surface area contributed by atoms with Crippen LogP contribution in [0.15, 0.2) is 83.9 Å². The third-order valence-electron chi connectivity index (χ3n) is 7.23. The molecule has 0 unspecified atom stereocenters. The van der Waals surface area contributed by atoms with Gasteiger partial charge in [0, 0.05) is 30.3 Å². The number of thioether (sulfide) groups is 1. The van der Waals surface area contributed by atoms with E-state index in [-0.39, 0.29) is 11.8 Å². The highest BCUT2D eigenvalue weighted by atomic mass is 32.2. The molecular formula is C31H29N5O2S2. The normalized spacial score (nSPS) is 17.2. The van der Waals surface area contributed by atoms with E-state index in [1.54, 1.807) is 0 Å². The van der Waals surface area contributed by atoms with Gasteiger partial charge < -0.3 is 4.90 Å². The summed E-state index contributed by atoms with van der Waals surface area (Å²) < 4.78 is 2.14. The minimum atomic E-state index is -0.336. The molecule has 3 aromatic carbocycles. The van der Waals surface area contributed by atoms with Crippen molar-refractivity contribution in [3.05, 3.63) is 89.5 Å². The molecule has 2 amide bonds. The smallest absolute Gasteiger partial charge is 0.285 e. The maximum absolute atomic E-state index is 13.4. The van der Waals surface area contributed by atoms with Crippen LogP contribution < -0.4 is 5.43 Å². The van der Waals surface area contributed by atoms with Crippen LogP contribution in [0.1, 0.15) is 31.2 Å². The van der Waals surface area contributed by atoms with E-state index in [0.717, 1.165) is 46.4 Å². The third kappa shape index (κ3) is 5.58. The summed E-state index contributed by atoms with van der Waals surface area (Å²) in [6, 6.07) is 24.2. The van der Waals surface area contributed by atoms with E-state index in [0.29, 0.717) is 22.2 Å². The summed E-state index contributed by atoms with van der Waals surface area (Å²) >= 11 is 6.68. The van der Waals surface area contributed by atoms with Crippen molar-refractivity contribution in [2.24, 2.45) is 0 Å². The monoisotopic (exact) mass is 567 g/mol. The minimum absolute atomic E-state index is 0.212. The van der Waals surface area contributed by atoms with Gasteiger partial charge in [-0.2, -0.15) is 10.1 Å². The van der Waals surface area contributed by atoms with Crippen LogP contribution in [0, 0.1) is 0 Å². The summed E-state index contributed by atoms with van der Waals surface area (Å²) in [4.78, 5) is 28.8. The van der Waals surface area contributed by atoms with E-state index < -0.39 is 0 Å². The van der Waals surface area contributed by atoms with E-state index >= 15 is 0 Å². The zero-order chi connectivity index (χ0) is 27.5. The summed E-state index contributed by atoms with van der Waals surface area (Å²) in [5.41, 5.74) is 6.17. The SMILES string of the molecule is O=C(CCN1CCCCC1)NN1C(=O)/C(=C/c2cn(-c3ccccc3)nc2-c2cccc3ccccc23)SC1=S. The van der Waals surface area contributed by atoms with Gasteiger partial charge in [0.1, 0.15) is 5.69 Å². The van der Waals surface area contributed by atoms with Crippen LogP contribution in [0.25, 0.3) is 33.8 Å². The van der Waals surface area contributed by atoms with Crippen LogP contribution in [0.5, 0.6) is 0 Å². The summed E-state index contributed by atoms with van der Waals surface area (Å²) in [5, 5.41) is 8.34. The highest BCUT2D eigenvalue weighted by molar-refractivity contribution is 8.26. The maximum atomic E-state index is 13.4. The van der Waals surface area contributed by atoms with E-state index in [1.165, 1.54) is 36.0 Å². The summed E-state index contributed by atoms with van der Waals surface area (Å²) in [6.07, 6.45) is 7.66. The highest BCUT2D eigenvalue weighted by Gasteiger charge is 2.34. The Morgan fingerprint density at radius 1 is 0.975 bits per heavy atom. The average molecular weight is 568 g/mol. The molecule has 6 rings (SSSR count). The number of hydrazine groups is 1.